The number of primary amides is 1. The number of amides is 2. The zero-order valence-electron chi connectivity index (χ0n) is 15.8. The largest absolute Gasteiger partial charge is 0.481 e. The van der Waals surface area contributed by atoms with E-state index in [1.807, 2.05) is 24.3 Å². The molecule has 0 spiro atoms. The number of hydrogen-bond donors (Lipinski definition) is 4. The van der Waals surface area contributed by atoms with Crippen molar-refractivity contribution in [2.75, 3.05) is 0 Å². The smallest absolute Gasteiger partial charge is 0.326 e. The summed E-state index contributed by atoms with van der Waals surface area (Å²) < 4.78 is 0. The van der Waals surface area contributed by atoms with Gasteiger partial charge in [0.25, 0.3) is 0 Å². The second kappa shape index (κ2) is 12.7. The van der Waals surface area contributed by atoms with Gasteiger partial charge in [-0.2, -0.15) is 0 Å². The molecule has 0 heterocycles. The Kier molecular flexibility index (Phi) is 10.2. The van der Waals surface area contributed by atoms with Crippen molar-refractivity contribution in [3.8, 4) is 0 Å². The quantitative estimate of drug-likeness (QED) is 0.500. The molecule has 0 saturated carbocycles. The van der Waals surface area contributed by atoms with Gasteiger partial charge < -0.3 is 21.3 Å². The number of aliphatic carboxylic acids is 2. The second-order valence-electron chi connectivity index (χ2n) is 6.18. The molecular weight excluding hydrogens is 376 g/mol. The number of hydrogen-bond acceptors (Lipinski definition) is 4. The molecule has 0 unspecified atom stereocenters. The fourth-order valence-corrected chi connectivity index (χ4v) is 2.34. The second-order valence-corrected chi connectivity index (χ2v) is 6.18. The monoisotopic (exact) mass is 400 g/mol. The van der Waals surface area contributed by atoms with Gasteiger partial charge in [0.2, 0.25) is 11.8 Å². The minimum Gasteiger partial charge on any atom is -0.481 e. The van der Waals surface area contributed by atoms with E-state index >= 15 is 0 Å². The van der Waals surface area contributed by atoms with Crippen LogP contribution in [0.1, 0.15) is 24.0 Å². The summed E-state index contributed by atoms with van der Waals surface area (Å²) in [5, 5.41) is 19.7. The standard InChI is InChI=1S/C13H16N2O4.C8H8O2/c14-11(16)7-6-10(13(18)19)15-12(17)8-9-4-2-1-3-5-9;9-8(10)6-7-4-2-1-3-5-7/h1-5,10H,6-8H2,(H2,14,16)(H,15,17)(H,18,19);1-5H,6H2,(H,9,10)/t10-;/m1./s1. The maximum absolute atomic E-state index is 11.7. The van der Waals surface area contributed by atoms with Crippen LogP contribution in [0.4, 0.5) is 0 Å². The van der Waals surface area contributed by atoms with Crippen molar-refractivity contribution in [2.45, 2.75) is 31.7 Å². The van der Waals surface area contributed by atoms with Crippen molar-refractivity contribution in [2.24, 2.45) is 5.73 Å². The van der Waals surface area contributed by atoms with Crippen molar-refractivity contribution >= 4 is 23.8 Å². The number of carboxylic acids is 2. The third-order valence-electron chi connectivity index (χ3n) is 3.72. The van der Waals surface area contributed by atoms with Crippen LogP contribution in [0.5, 0.6) is 0 Å². The van der Waals surface area contributed by atoms with Crippen molar-refractivity contribution in [1.29, 1.82) is 0 Å². The average Bonchev–Trinajstić information content (AvgIpc) is 2.66. The van der Waals surface area contributed by atoms with Crippen LogP contribution in [-0.4, -0.2) is 40.0 Å². The van der Waals surface area contributed by atoms with E-state index in [-0.39, 0.29) is 25.7 Å². The topological polar surface area (TPSA) is 147 Å². The molecule has 2 rings (SSSR count). The Morgan fingerprint density at radius 2 is 1.31 bits per heavy atom. The Bertz CT molecular complexity index is 808. The van der Waals surface area contributed by atoms with E-state index in [0.29, 0.717) is 0 Å². The molecule has 29 heavy (non-hydrogen) atoms. The highest BCUT2D eigenvalue weighted by Gasteiger charge is 2.20. The first-order chi connectivity index (χ1) is 13.8. The minimum absolute atomic E-state index is 0.00873. The zero-order chi connectivity index (χ0) is 21.6. The Balaban J connectivity index is 0.000000352. The first-order valence-corrected chi connectivity index (χ1v) is 8.88. The predicted molar refractivity (Wildman–Crippen MR) is 106 cm³/mol. The minimum atomic E-state index is -1.18. The summed E-state index contributed by atoms with van der Waals surface area (Å²) in [5.74, 6) is -2.96. The van der Waals surface area contributed by atoms with Crippen LogP contribution in [0.2, 0.25) is 0 Å². The van der Waals surface area contributed by atoms with Gasteiger partial charge in [-0.3, -0.25) is 14.4 Å². The number of nitrogens with two attached hydrogens (primary N) is 1. The number of carbonyl (C=O) groups is 4. The maximum Gasteiger partial charge on any atom is 0.326 e. The van der Waals surface area contributed by atoms with Crippen molar-refractivity contribution in [3.05, 3.63) is 71.8 Å². The van der Waals surface area contributed by atoms with Gasteiger partial charge in [0.1, 0.15) is 6.04 Å². The molecule has 2 amide bonds. The summed E-state index contributed by atoms with van der Waals surface area (Å²) in [6.07, 6.45) is 0.121. The lowest BCUT2D eigenvalue weighted by Gasteiger charge is -2.13. The number of benzene rings is 2. The van der Waals surface area contributed by atoms with Gasteiger partial charge in [-0.25, -0.2) is 4.79 Å². The fraction of sp³-hybridized carbons (Fsp3) is 0.238. The normalized spacial score (nSPS) is 10.8. The third-order valence-corrected chi connectivity index (χ3v) is 3.72. The number of carboxylic acid groups (broad SMARTS) is 2. The summed E-state index contributed by atoms with van der Waals surface area (Å²) in [7, 11) is 0. The van der Waals surface area contributed by atoms with E-state index < -0.39 is 29.8 Å². The van der Waals surface area contributed by atoms with Gasteiger partial charge in [-0.15, -0.1) is 0 Å². The number of carbonyl (C=O) groups excluding carboxylic acids is 2. The van der Waals surface area contributed by atoms with Crippen LogP contribution in [-0.2, 0) is 32.0 Å². The van der Waals surface area contributed by atoms with Gasteiger partial charge in [-0.05, 0) is 17.5 Å². The van der Waals surface area contributed by atoms with Crippen LogP contribution in [0.25, 0.3) is 0 Å². The lowest BCUT2D eigenvalue weighted by atomic mass is 10.1. The van der Waals surface area contributed by atoms with Crippen LogP contribution >= 0.6 is 0 Å². The SMILES string of the molecule is NC(=O)CC[C@@H](NC(=O)Cc1ccccc1)C(=O)O.O=C(O)Cc1ccccc1. The van der Waals surface area contributed by atoms with E-state index in [2.05, 4.69) is 5.32 Å². The molecule has 1 atom stereocenters. The molecule has 0 aliphatic rings. The molecule has 2 aromatic carbocycles. The van der Waals surface area contributed by atoms with Gasteiger partial charge >= 0.3 is 11.9 Å². The van der Waals surface area contributed by atoms with Gasteiger partial charge in [0.05, 0.1) is 12.8 Å². The molecule has 154 valence electrons. The molecule has 8 nitrogen and oxygen atoms in total. The summed E-state index contributed by atoms with van der Waals surface area (Å²) in [4.78, 5) is 43.4. The molecule has 0 aliphatic heterocycles. The van der Waals surface area contributed by atoms with Crippen molar-refractivity contribution < 1.29 is 29.4 Å². The first-order valence-electron chi connectivity index (χ1n) is 8.88. The summed E-state index contributed by atoms with van der Waals surface area (Å²) in [6, 6.07) is 17.0. The predicted octanol–water partition coefficient (Wildman–Crippen LogP) is 1.38. The molecule has 0 saturated heterocycles. The van der Waals surface area contributed by atoms with E-state index in [1.54, 1.807) is 36.4 Å². The van der Waals surface area contributed by atoms with Crippen LogP contribution in [0.3, 0.4) is 0 Å². The molecular formula is C21H24N2O6. The number of nitrogens with one attached hydrogen (secondary N) is 1. The van der Waals surface area contributed by atoms with E-state index in [1.165, 1.54) is 0 Å². The fourth-order valence-electron chi connectivity index (χ4n) is 2.34. The lowest BCUT2D eigenvalue weighted by Crippen LogP contribution is -2.42. The molecule has 0 aliphatic carbocycles. The highest BCUT2D eigenvalue weighted by Crippen LogP contribution is 2.02. The molecule has 0 aromatic heterocycles. The Labute approximate surface area is 168 Å². The van der Waals surface area contributed by atoms with E-state index in [0.717, 1.165) is 11.1 Å². The van der Waals surface area contributed by atoms with E-state index in [9.17, 15) is 19.2 Å². The van der Waals surface area contributed by atoms with Crippen LogP contribution in [0, 0.1) is 0 Å². The Morgan fingerprint density at radius 1 is 0.828 bits per heavy atom. The van der Waals surface area contributed by atoms with Crippen LogP contribution in [0.15, 0.2) is 60.7 Å². The molecule has 0 bridgehead atoms. The van der Waals surface area contributed by atoms with Gasteiger partial charge in [0, 0.05) is 6.42 Å². The first kappa shape index (κ1) is 23.4. The highest BCUT2D eigenvalue weighted by atomic mass is 16.4. The van der Waals surface area contributed by atoms with Crippen LogP contribution < -0.4 is 11.1 Å². The molecule has 2 aromatic rings. The highest BCUT2D eigenvalue weighted by molar-refractivity contribution is 5.85. The molecule has 8 heteroatoms. The Morgan fingerprint density at radius 3 is 1.72 bits per heavy atom. The summed E-state index contributed by atoms with van der Waals surface area (Å²) in [5.41, 5.74) is 6.58. The van der Waals surface area contributed by atoms with Crippen molar-refractivity contribution in [1.82, 2.24) is 5.32 Å². The average molecular weight is 400 g/mol. The van der Waals surface area contributed by atoms with Crippen molar-refractivity contribution in [3.63, 3.8) is 0 Å². The summed E-state index contributed by atoms with van der Waals surface area (Å²) in [6.45, 7) is 0. The Hall–Kier alpha value is -3.68. The summed E-state index contributed by atoms with van der Waals surface area (Å²) >= 11 is 0. The molecule has 0 fully saturated rings. The number of rotatable bonds is 9. The maximum atomic E-state index is 11.7. The zero-order valence-corrected chi connectivity index (χ0v) is 15.8. The lowest BCUT2D eigenvalue weighted by molar-refractivity contribution is -0.142. The molecule has 5 N–H and O–H groups in total. The third kappa shape index (κ3) is 10.9. The molecule has 0 radical (unpaired) electrons. The van der Waals surface area contributed by atoms with Gasteiger partial charge in [-0.1, -0.05) is 60.7 Å². The van der Waals surface area contributed by atoms with Gasteiger partial charge in [0.15, 0.2) is 0 Å². The van der Waals surface area contributed by atoms with E-state index in [4.69, 9.17) is 15.9 Å².